The molecule has 5 nitrogen and oxygen atoms in total. The van der Waals surface area contributed by atoms with E-state index in [1.54, 1.807) is 18.9 Å². The highest BCUT2D eigenvalue weighted by molar-refractivity contribution is 5.74. The predicted octanol–water partition coefficient (Wildman–Crippen LogP) is 2.08. The number of halogens is 2. The molecule has 122 valence electrons. The van der Waals surface area contributed by atoms with Crippen molar-refractivity contribution in [2.45, 2.75) is 19.1 Å². The van der Waals surface area contributed by atoms with Crippen molar-refractivity contribution < 1.29 is 23.0 Å². The van der Waals surface area contributed by atoms with E-state index < -0.39 is 17.7 Å². The maximum Gasteiger partial charge on any atom is 0.318 e. The molecule has 2 amide bonds. The van der Waals surface area contributed by atoms with Crippen LogP contribution in [0.3, 0.4) is 0 Å². The quantitative estimate of drug-likeness (QED) is 0.926. The van der Waals surface area contributed by atoms with Gasteiger partial charge < -0.3 is 19.7 Å². The first-order chi connectivity index (χ1) is 10.5. The van der Waals surface area contributed by atoms with Gasteiger partial charge >= 0.3 is 6.03 Å². The lowest BCUT2D eigenvalue weighted by molar-refractivity contribution is -0.0496. The maximum absolute atomic E-state index is 13.2. The first-order valence-electron chi connectivity index (χ1n) is 7.12. The number of rotatable bonds is 4. The molecule has 22 heavy (non-hydrogen) atoms. The largest absolute Gasteiger partial charge is 0.382 e. The molecule has 0 unspecified atom stereocenters. The highest BCUT2D eigenvalue weighted by Gasteiger charge is 2.25. The average Bonchev–Trinajstić information content (AvgIpc) is 2.50. The summed E-state index contributed by atoms with van der Waals surface area (Å²) in [5.74, 6) is -1.83. The lowest BCUT2D eigenvalue weighted by Gasteiger charge is -2.33. The fourth-order valence-electron chi connectivity index (χ4n) is 2.33. The van der Waals surface area contributed by atoms with Crippen LogP contribution in [0.25, 0.3) is 0 Å². The van der Waals surface area contributed by atoms with Gasteiger partial charge in [-0.3, -0.25) is 0 Å². The van der Waals surface area contributed by atoms with Crippen molar-refractivity contribution in [2.24, 2.45) is 0 Å². The zero-order chi connectivity index (χ0) is 16.1. The Morgan fingerprint density at radius 1 is 1.50 bits per heavy atom. The van der Waals surface area contributed by atoms with E-state index in [0.717, 1.165) is 12.1 Å². The topological polar surface area (TPSA) is 50.8 Å². The fourth-order valence-corrected chi connectivity index (χ4v) is 2.33. The summed E-state index contributed by atoms with van der Waals surface area (Å²) in [5, 5.41) is 2.78. The summed E-state index contributed by atoms with van der Waals surface area (Å²) in [6.45, 7) is 3.50. The van der Waals surface area contributed by atoms with Gasteiger partial charge in [0.2, 0.25) is 0 Å². The number of nitrogens with one attached hydrogen (secondary N) is 1. The number of amides is 2. The molecule has 0 bridgehead atoms. The van der Waals surface area contributed by atoms with Crippen molar-refractivity contribution in [3.8, 4) is 0 Å². The molecule has 2 atom stereocenters. The highest BCUT2D eigenvalue weighted by Crippen LogP contribution is 2.16. The molecule has 1 fully saturated rings. The number of morpholine rings is 1. The zero-order valence-corrected chi connectivity index (χ0v) is 12.6. The third kappa shape index (κ3) is 4.14. The van der Waals surface area contributed by atoms with E-state index in [9.17, 15) is 13.6 Å². The zero-order valence-electron chi connectivity index (χ0n) is 12.6. The van der Waals surface area contributed by atoms with Crippen LogP contribution in [0.1, 0.15) is 18.5 Å². The van der Waals surface area contributed by atoms with Crippen LogP contribution in [0.2, 0.25) is 0 Å². The summed E-state index contributed by atoms with van der Waals surface area (Å²) >= 11 is 0. The lowest BCUT2D eigenvalue weighted by Crippen LogP contribution is -2.51. The van der Waals surface area contributed by atoms with E-state index in [1.165, 1.54) is 6.07 Å². The molecule has 1 aliphatic rings. The van der Waals surface area contributed by atoms with Gasteiger partial charge in [0.15, 0.2) is 11.6 Å². The number of nitrogens with zero attached hydrogens (tertiary/aromatic N) is 1. The van der Waals surface area contributed by atoms with E-state index in [-0.39, 0.29) is 12.1 Å². The molecule has 1 N–H and O–H groups in total. The minimum Gasteiger partial charge on any atom is -0.382 e. The number of carbonyl (C=O) groups excluding carboxylic acids is 1. The van der Waals surface area contributed by atoms with Crippen LogP contribution in [-0.2, 0) is 9.47 Å². The minimum atomic E-state index is -0.926. The van der Waals surface area contributed by atoms with Crippen LogP contribution >= 0.6 is 0 Å². The number of hydrogen-bond donors (Lipinski definition) is 1. The second kappa shape index (κ2) is 7.51. The Bertz CT molecular complexity index is 526. The van der Waals surface area contributed by atoms with Gasteiger partial charge in [0, 0.05) is 13.7 Å². The Morgan fingerprint density at radius 2 is 2.27 bits per heavy atom. The molecule has 1 heterocycles. The lowest BCUT2D eigenvalue weighted by atomic mass is 10.1. The first-order valence-corrected chi connectivity index (χ1v) is 7.12. The first kappa shape index (κ1) is 16.6. The number of urea groups is 1. The summed E-state index contributed by atoms with van der Waals surface area (Å²) in [5.41, 5.74) is 0.508. The standard InChI is InChI=1S/C15H20F2N2O3/c1-10(11-3-4-13(16)14(17)7-11)18-15(20)19-5-6-22-12(8-19)9-21-2/h3-4,7,10,12H,5-6,8-9H2,1-2H3,(H,18,20)/t10-,12-/m1/s1. The third-order valence-corrected chi connectivity index (χ3v) is 3.56. The number of methoxy groups -OCH3 is 1. The van der Waals surface area contributed by atoms with Gasteiger partial charge in [0.1, 0.15) is 0 Å². The van der Waals surface area contributed by atoms with E-state index in [0.29, 0.717) is 31.9 Å². The van der Waals surface area contributed by atoms with E-state index in [1.807, 2.05) is 0 Å². The van der Waals surface area contributed by atoms with Gasteiger partial charge in [-0.25, -0.2) is 13.6 Å². The average molecular weight is 314 g/mol. The van der Waals surface area contributed by atoms with Crippen LogP contribution in [0.4, 0.5) is 13.6 Å². The molecule has 0 aliphatic carbocycles. The van der Waals surface area contributed by atoms with Crippen LogP contribution in [0, 0.1) is 11.6 Å². The maximum atomic E-state index is 13.2. The summed E-state index contributed by atoms with van der Waals surface area (Å²) in [6, 6.07) is 2.91. The molecule has 1 aromatic carbocycles. The fraction of sp³-hybridized carbons (Fsp3) is 0.533. The van der Waals surface area contributed by atoms with Gasteiger partial charge in [-0.05, 0) is 24.6 Å². The Morgan fingerprint density at radius 3 is 2.95 bits per heavy atom. The van der Waals surface area contributed by atoms with Crippen molar-refractivity contribution in [1.82, 2.24) is 10.2 Å². The Balaban J connectivity index is 1.94. The van der Waals surface area contributed by atoms with Crippen molar-refractivity contribution in [3.05, 3.63) is 35.4 Å². The highest BCUT2D eigenvalue weighted by atomic mass is 19.2. The molecular weight excluding hydrogens is 294 g/mol. The molecule has 1 saturated heterocycles. The summed E-state index contributed by atoms with van der Waals surface area (Å²) in [4.78, 5) is 13.9. The van der Waals surface area contributed by atoms with Crippen LogP contribution in [0.15, 0.2) is 18.2 Å². The van der Waals surface area contributed by atoms with E-state index in [4.69, 9.17) is 9.47 Å². The second-order valence-corrected chi connectivity index (χ2v) is 5.24. The van der Waals surface area contributed by atoms with Crippen LogP contribution in [0.5, 0.6) is 0 Å². The smallest absolute Gasteiger partial charge is 0.318 e. The molecule has 2 rings (SSSR count). The van der Waals surface area contributed by atoms with Gasteiger partial charge in [-0.2, -0.15) is 0 Å². The van der Waals surface area contributed by atoms with E-state index in [2.05, 4.69) is 5.32 Å². The number of ether oxygens (including phenoxy) is 2. The van der Waals surface area contributed by atoms with Crippen molar-refractivity contribution in [2.75, 3.05) is 33.4 Å². The SMILES string of the molecule is COC[C@H]1CN(C(=O)N[C@H](C)c2ccc(F)c(F)c2)CCO1. The molecule has 7 heteroatoms. The number of hydrogen-bond acceptors (Lipinski definition) is 3. The number of carbonyl (C=O) groups is 1. The normalized spacial score (nSPS) is 19.8. The molecular formula is C15H20F2N2O3. The molecule has 1 aliphatic heterocycles. The second-order valence-electron chi connectivity index (χ2n) is 5.24. The van der Waals surface area contributed by atoms with Crippen molar-refractivity contribution in [1.29, 1.82) is 0 Å². The molecule has 0 aromatic heterocycles. The predicted molar refractivity (Wildman–Crippen MR) is 76.5 cm³/mol. The third-order valence-electron chi connectivity index (χ3n) is 3.56. The monoisotopic (exact) mass is 314 g/mol. The Kier molecular flexibility index (Phi) is 5.68. The van der Waals surface area contributed by atoms with Gasteiger partial charge in [0.05, 0.1) is 31.9 Å². The molecule has 0 saturated carbocycles. The Hall–Kier alpha value is -1.73. The summed E-state index contributed by atoms with van der Waals surface area (Å²) < 4.78 is 36.7. The van der Waals surface area contributed by atoms with Gasteiger partial charge in [0.25, 0.3) is 0 Å². The summed E-state index contributed by atoms with van der Waals surface area (Å²) in [6.07, 6.45) is -0.150. The van der Waals surface area contributed by atoms with Gasteiger partial charge in [-0.15, -0.1) is 0 Å². The summed E-state index contributed by atoms with van der Waals surface area (Å²) in [7, 11) is 1.58. The van der Waals surface area contributed by atoms with Crippen molar-refractivity contribution in [3.63, 3.8) is 0 Å². The van der Waals surface area contributed by atoms with E-state index >= 15 is 0 Å². The van der Waals surface area contributed by atoms with Crippen molar-refractivity contribution >= 4 is 6.03 Å². The minimum absolute atomic E-state index is 0.150. The number of benzene rings is 1. The molecule has 0 spiro atoms. The molecule has 0 radical (unpaired) electrons. The Labute approximate surface area is 128 Å². The van der Waals surface area contributed by atoms with Crippen LogP contribution in [-0.4, -0.2) is 50.4 Å². The van der Waals surface area contributed by atoms with Crippen LogP contribution < -0.4 is 5.32 Å². The van der Waals surface area contributed by atoms with Gasteiger partial charge in [-0.1, -0.05) is 6.07 Å². The molecule has 1 aromatic rings.